The van der Waals surface area contributed by atoms with E-state index in [2.05, 4.69) is 59.3 Å². The van der Waals surface area contributed by atoms with Crippen molar-refractivity contribution in [2.75, 3.05) is 52.9 Å². The fraction of sp³-hybridized carbons (Fsp3) is 0.364. The maximum Gasteiger partial charge on any atom is 0.180 e. The van der Waals surface area contributed by atoms with Crippen molar-refractivity contribution >= 4 is 45.3 Å². The lowest BCUT2D eigenvalue weighted by Gasteiger charge is -2.20. The van der Waals surface area contributed by atoms with Gasteiger partial charge in [-0.3, -0.25) is 0 Å². The molecule has 0 spiro atoms. The molecule has 0 atom stereocenters. The van der Waals surface area contributed by atoms with Crippen LogP contribution in [0, 0.1) is 0 Å². The van der Waals surface area contributed by atoms with Crippen LogP contribution in [0.1, 0.15) is 51.4 Å². The molecule has 0 saturated carbocycles. The van der Waals surface area contributed by atoms with Gasteiger partial charge in [-0.05, 0) is 87.8 Å². The predicted octanol–water partition coefficient (Wildman–Crippen LogP) is 12.5. The molecule has 0 N–H and O–H groups in total. The number of benzene rings is 2. The summed E-state index contributed by atoms with van der Waals surface area (Å²) in [6.07, 6.45) is 8.03. The normalized spacial score (nSPS) is 16.9. The van der Waals surface area contributed by atoms with Crippen LogP contribution in [-0.4, -0.2) is 52.9 Å². The van der Waals surface area contributed by atoms with Gasteiger partial charge in [-0.2, -0.15) is 0 Å². The first-order chi connectivity index (χ1) is 27.8. The zero-order valence-corrected chi connectivity index (χ0v) is 34.3. The molecular formula is C44H42O8S4. The summed E-state index contributed by atoms with van der Waals surface area (Å²) in [5, 5.41) is 4.12. The lowest BCUT2D eigenvalue weighted by Crippen LogP contribution is -2.14. The average molecular weight is 827 g/mol. The highest BCUT2D eigenvalue weighted by Gasteiger charge is 2.31. The van der Waals surface area contributed by atoms with Gasteiger partial charge in [0.1, 0.15) is 49.4 Å². The summed E-state index contributed by atoms with van der Waals surface area (Å²) < 4.78 is 51.5. The van der Waals surface area contributed by atoms with Crippen LogP contribution in [0.15, 0.2) is 59.3 Å². The van der Waals surface area contributed by atoms with E-state index in [1.54, 1.807) is 45.3 Å². The van der Waals surface area contributed by atoms with Crippen LogP contribution < -0.4 is 37.9 Å². The standard InChI is InChI=1S/C44H42O8S4/c1-2-6-16-46-30-12-10-14-32-38(30)28-24-36(44-40-34(26-54-44)50-20-22-52-40)56-42(28)41-27(23-35(55-41)43-39-33(25-53-43)49-19-21-51-39)37-29(45-15-5-1)11-9-13-31(37)47-17-7-3-4-8-18-48-32/h9-14,23-26H,1-8,15-22H2. The van der Waals surface area contributed by atoms with E-state index in [4.69, 9.17) is 37.9 Å². The van der Waals surface area contributed by atoms with Gasteiger partial charge in [-0.1, -0.05) is 12.1 Å². The monoisotopic (exact) mass is 826 g/mol. The Labute approximate surface area is 342 Å². The average Bonchev–Trinajstić information content (AvgIpc) is 4.04. The number of ether oxygens (including phenoxy) is 8. The van der Waals surface area contributed by atoms with Crippen molar-refractivity contribution in [3.05, 3.63) is 59.3 Å². The van der Waals surface area contributed by atoms with Crippen LogP contribution in [0.4, 0.5) is 0 Å². The van der Waals surface area contributed by atoms with Gasteiger partial charge in [-0.25, -0.2) is 0 Å². The number of rotatable bonds is 2. The third kappa shape index (κ3) is 6.99. The van der Waals surface area contributed by atoms with Crippen molar-refractivity contribution in [1.29, 1.82) is 0 Å². The molecule has 56 heavy (non-hydrogen) atoms. The van der Waals surface area contributed by atoms with Gasteiger partial charge in [0.05, 0.1) is 57.1 Å². The molecule has 0 radical (unpaired) electrons. The van der Waals surface area contributed by atoms with Gasteiger partial charge >= 0.3 is 0 Å². The quantitative estimate of drug-likeness (QED) is 0.171. The van der Waals surface area contributed by atoms with E-state index in [1.807, 2.05) is 0 Å². The molecule has 0 aliphatic carbocycles. The SMILES string of the molecule is c1cc2c3c(c1)OCCCCCCOc1cccc(c1-c1cc(-c4scc5c4OCCO5)sc1-c1sc(-c4scc5c4OCCO5)cc1-3)OCCCCCCO2. The maximum atomic E-state index is 6.73. The van der Waals surface area contributed by atoms with Gasteiger partial charge < -0.3 is 37.9 Å². The minimum atomic E-state index is 0.519. The van der Waals surface area contributed by atoms with E-state index in [0.29, 0.717) is 52.9 Å². The molecule has 0 saturated heterocycles. The molecule has 2 bridgehead atoms. The molecule has 4 aliphatic rings. The second-order valence-corrected chi connectivity index (χ2v) is 18.0. The molecule has 6 aromatic rings. The molecule has 0 fully saturated rings. The van der Waals surface area contributed by atoms with E-state index in [-0.39, 0.29) is 0 Å². The van der Waals surface area contributed by atoms with Gasteiger partial charge in [-0.15, -0.1) is 45.3 Å². The van der Waals surface area contributed by atoms with Crippen molar-refractivity contribution in [2.24, 2.45) is 0 Å². The Morgan fingerprint density at radius 3 is 1.11 bits per heavy atom. The Balaban J connectivity index is 1.27. The van der Waals surface area contributed by atoms with Gasteiger partial charge in [0.2, 0.25) is 0 Å². The number of fused-ring (bicyclic) bond motifs is 2. The smallest absolute Gasteiger partial charge is 0.180 e. The molecule has 0 amide bonds. The molecule has 4 aliphatic heterocycles. The summed E-state index contributed by atoms with van der Waals surface area (Å²) in [5.74, 6) is 6.54. The highest BCUT2D eigenvalue weighted by atomic mass is 32.1. The van der Waals surface area contributed by atoms with Crippen LogP contribution in [0.3, 0.4) is 0 Å². The first kappa shape index (κ1) is 36.0. The molecule has 290 valence electrons. The maximum absolute atomic E-state index is 6.73. The largest absolute Gasteiger partial charge is 0.493 e. The lowest BCUT2D eigenvalue weighted by molar-refractivity contribution is 0.174. The van der Waals surface area contributed by atoms with E-state index >= 15 is 0 Å². The first-order valence-corrected chi connectivity index (χ1v) is 23.0. The highest BCUT2D eigenvalue weighted by Crippen LogP contribution is 2.59. The van der Waals surface area contributed by atoms with Crippen molar-refractivity contribution < 1.29 is 37.9 Å². The minimum absolute atomic E-state index is 0.519. The van der Waals surface area contributed by atoms with E-state index in [0.717, 1.165) is 149 Å². The molecule has 10 rings (SSSR count). The molecule has 0 unspecified atom stereocenters. The third-order valence-electron chi connectivity index (χ3n) is 10.3. The predicted molar refractivity (Wildman–Crippen MR) is 226 cm³/mol. The second kappa shape index (κ2) is 16.2. The summed E-state index contributed by atoms with van der Waals surface area (Å²) in [6.45, 7) is 4.62. The topological polar surface area (TPSA) is 73.8 Å². The first-order valence-electron chi connectivity index (χ1n) is 19.6. The Morgan fingerprint density at radius 1 is 0.357 bits per heavy atom. The van der Waals surface area contributed by atoms with Crippen molar-refractivity contribution in [1.82, 2.24) is 0 Å². The van der Waals surface area contributed by atoms with Gasteiger partial charge in [0, 0.05) is 31.6 Å². The summed E-state index contributed by atoms with van der Waals surface area (Å²) in [5.41, 5.74) is 4.05. The highest BCUT2D eigenvalue weighted by molar-refractivity contribution is 7.29. The van der Waals surface area contributed by atoms with Crippen molar-refractivity contribution in [2.45, 2.75) is 51.4 Å². The van der Waals surface area contributed by atoms with Gasteiger partial charge in [0.25, 0.3) is 0 Å². The number of hydrogen-bond donors (Lipinski definition) is 0. The Morgan fingerprint density at radius 2 is 0.714 bits per heavy atom. The van der Waals surface area contributed by atoms with Crippen LogP contribution in [-0.2, 0) is 0 Å². The molecular weight excluding hydrogens is 785 g/mol. The summed E-state index contributed by atoms with van der Waals surface area (Å²) in [4.78, 5) is 6.51. The van der Waals surface area contributed by atoms with Gasteiger partial charge in [0.15, 0.2) is 23.0 Å². The zero-order chi connectivity index (χ0) is 37.3. The molecule has 4 aromatic heterocycles. The van der Waals surface area contributed by atoms with E-state index in [9.17, 15) is 0 Å². The van der Waals surface area contributed by atoms with E-state index in [1.165, 1.54) is 0 Å². The van der Waals surface area contributed by atoms with Crippen LogP contribution >= 0.6 is 45.3 Å². The molecule has 8 heterocycles. The van der Waals surface area contributed by atoms with Crippen molar-refractivity contribution in [3.63, 3.8) is 0 Å². The zero-order valence-electron chi connectivity index (χ0n) is 31.0. The van der Waals surface area contributed by atoms with Crippen molar-refractivity contribution in [3.8, 4) is 97.5 Å². The number of thiophene rings is 4. The summed E-state index contributed by atoms with van der Waals surface area (Å²) >= 11 is 6.84. The van der Waals surface area contributed by atoms with Crippen LogP contribution in [0.5, 0.6) is 46.0 Å². The second-order valence-electron chi connectivity index (χ2n) is 14.1. The van der Waals surface area contributed by atoms with E-state index < -0.39 is 0 Å². The Hall–Kier alpha value is -4.36. The summed E-state index contributed by atoms with van der Waals surface area (Å²) in [7, 11) is 0. The fourth-order valence-electron chi connectivity index (χ4n) is 7.66. The third-order valence-corrected chi connectivity index (χ3v) is 15.0. The lowest BCUT2D eigenvalue weighted by atomic mass is 9.98. The minimum Gasteiger partial charge on any atom is -0.493 e. The Bertz CT molecular complexity index is 2110. The molecule has 8 nitrogen and oxygen atoms in total. The Kier molecular flexibility index (Phi) is 10.4. The van der Waals surface area contributed by atoms with Crippen LogP contribution in [0.25, 0.3) is 51.5 Å². The number of hydrogen-bond acceptors (Lipinski definition) is 12. The molecule has 2 aromatic carbocycles. The van der Waals surface area contributed by atoms with Crippen LogP contribution in [0.2, 0.25) is 0 Å². The summed E-state index contributed by atoms with van der Waals surface area (Å²) in [6, 6.07) is 17.1. The fourth-order valence-corrected chi connectivity index (χ4v) is 12.2. The molecule has 12 heteroatoms.